The normalized spacial score (nSPS) is 15.9. The Morgan fingerprint density at radius 3 is 2.90 bits per heavy atom. The number of aromatic nitrogens is 1. The van der Waals surface area contributed by atoms with E-state index in [0.29, 0.717) is 5.56 Å². The molecule has 4 heteroatoms. The Hall–Kier alpha value is -1.73. The largest absolute Gasteiger partial charge is 0.370 e. The fraction of sp³-hybridized carbons (Fsp3) is 0.375. The van der Waals surface area contributed by atoms with Crippen LogP contribution in [0.25, 0.3) is 10.9 Å². The lowest BCUT2D eigenvalue weighted by Crippen LogP contribution is -2.19. The SMILES string of the molecule is N#Cc1cc(NCC2CCSCC2)nc2ccccc12. The molecule has 102 valence electrons. The van der Waals surface area contributed by atoms with E-state index in [1.807, 2.05) is 42.1 Å². The van der Waals surface area contributed by atoms with Gasteiger partial charge in [0.15, 0.2) is 0 Å². The summed E-state index contributed by atoms with van der Waals surface area (Å²) < 4.78 is 0. The van der Waals surface area contributed by atoms with Crippen molar-refractivity contribution >= 4 is 28.5 Å². The summed E-state index contributed by atoms with van der Waals surface area (Å²) >= 11 is 2.04. The Balaban J connectivity index is 1.79. The molecule has 0 saturated carbocycles. The van der Waals surface area contributed by atoms with Gasteiger partial charge in [-0.3, -0.25) is 0 Å². The topological polar surface area (TPSA) is 48.7 Å². The van der Waals surface area contributed by atoms with Crippen molar-refractivity contribution in [3.05, 3.63) is 35.9 Å². The second kappa shape index (κ2) is 6.15. The molecule has 2 heterocycles. The highest BCUT2D eigenvalue weighted by Crippen LogP contribution is 2.24. The first-order valence-electron chi connectivity index (χ1n) is 6.98. The number of pyridine rings is 1. The molecule has 1 aromatic heterocycles. The lowest BCUT2D eigenvalue weighted by Gasteiger charge is -2.21. The fourth-order valence-electron chi connectivity index (χ4n) is 2.56. The summed E-state index contributed by atoms with van der Waals surface area (Å²) in [7, 11) is 0. The number of nitrogens with one attached hydrogen (secondary N) is 1. The average molecular weight is 283 g/mol. The molecule has 0 aliphatic carbocycles. The molecule has 1 N–H and O–H groups in total. The van der Waals surface area contributed by atoms with E-state index in [-0.39, 0.29) is 0 Å². The van der Waals surface area contributed by atoms with Crippen molar-refractivity contribution in [3.63, 3.8) is 0 Å². The van der Waals surface area contributed by atoms with E-state index < -0.39 is 0 Å². The molecule has 1 aromatic carbocycles. The molecule has 3 rings (SSSR count). The highest BCUT2D eigenvalue weighted by molar-refractivity contribution is 7.99. The van der Waals surface area contributed by atoms with E-state index in [2.05, 4.69) is 16.4 Å². The molecule has 0 unspecified atom stereocenters. The predicted octanol–water partition coefficient (Wildman–Crippen LogP) is 3.66. The van der Waals surface area contributed by atoms with Gasteiger partial charge in [0.1, 0.15) is 5.82 Å². The predicted molar refractivity (Wildman–Crippen MR) is 85.0 cm³/mol. The molecule has 20 heavy (non-hydrogen) atoms. The molecular formula is C16H17N3S. The van der Waals surface area contributed by atoms with Gasteiger partial charge in [0.2, 0.25) is 0 Å². The third-order valence-electron chi connectivity index (χ3n) is 3.75. The molecule has 2 aromatic rings. The van der Waals surface area contributed by atoms with Crippen LogP contribution in [0.1, 0.15) is 18.4 Å². The summed E-state index contributed by atoms with van der Waals surface area (Å²) in [4.78, 5) is 4.60. The molecule has 0 bridgehead atoms. The molecular weight excluding hydrogens is 266 g/mol. The van der Waals surface area contributed by atoms with Gasteiger partial charge < -0.3 is 5.32 Å². The van der Waals surface area contributed by atoms with Crippen LogP contribution in [-0.2, 0) is 0 Å². The molecule has 1 aliphatic heterocycles. The standard InChI is InChI=1S/C16H17N3S/c17-10-13-9-16(18-11-12-5-7-20-8-6-12)19-15-4-2-1-3-14(13)15/h1-4,9,12H,5-8,11H2,(H,18,19). The minimum absolute atomic E-state index is 0.692. The Morgan fingerprint density at radius 2 is 2.10 bits per heavy atom. The van der Waals surface area contributed by atoms with Gasteiger partial charge in [-0.15, -0.1) is 0 Å². The Bertz CT molecular complexity index is 642. The molecule has 0 atom stereocenters. The van der Waals surface area contributed by atoms with Crippen molar-refractivity contribution in [2.45, 2.75) is 12.8 Å². The van der Waals surface area contributed by atoms with E-state index >= 15 is 0 Å². The highest BCUT2D eigenvalue weighted by Gasteiger charge is 2.14. The lowest BCUT2D eigenvalue weighted by atomic mass is 10.0. The zero-order valence-corrected chi connectivity index (χ0v) is 12.1. The maximum atomic E-state index is 9.27. The molecule has 1 fully saturated rings. The van der Waals surface area contributed by atoms with Gasteiger partial charge in [0, 0.05) is 11.9 Å². The van der Waals surface area contributed by atoms with E-state index in [9.17, 15) is 5.26 Å². The van der Waals surface area contributed by atoms with Crippen LogP contribution in [0.4, 0.5) is 5.82 Å². The molecule has 0 amide bonds. The Labute approximate surface area is 123 Å². The molecule has 0 spiro atoms. The van der Waals surface area contributed by atoms with Crippen molar-refractivity contribution in [1.29, 1.82) is 5.26 Å². The number of rotatable bonds is 3. The quantitative estimate of drug-likeness (QED) is 0.934. The summed E-state index contributed by atoms with van der Waals surface area (Å²) in [5.41, 5.74) is 1.57. The fourth-order valence-corrected chi connectivity index (χ4v) is 3.76. The maximum Gasteiger partial charge on any atom is 0.127 e. The van der Waals surface area contributed by atoms with E-state index in [1.165, 1.54) is 24.3 Å². The monoisotopic (exact) mass is 283 g/mol. The van der Waals surface area contributed by atoms with Gasteiger partial charge in [0.05, 0.1) is 17.1 Å². The van der Waals surface area contributed by atoms with Crippen LogP contribution in [0, 0.1) is 17.2 Å². The van der Waals surface area contributed by atoms with E-state index in [1.54, 1.807) is 0 Å². The first-order chi connectivity index (χ1) is 9.86. The zero-order valence-electron chi connectivity index (χ0n) is 11.3. The van der Waals surface area contributed by atoms with Gasteiger partial charge in [-0.1, -0.05) is 18.2 Å². The van der Waals surface area contributed by atoms with E-state index in [0.717, 1.165) is 29.2 Å². The number of nitriles is 1. The third kappa shape index (κ3) is 2.88. The summed E-state index contributed by atoms with van der Waals surface area (Å²) in [6.45, 7) is 0.955. The number of fused-ring (bicyclic) bond motifs is 1. The Kier molecular flexibility index (Phi) is 4.08. The van der Waals surface area contributed by atoms with Crippen molar-refractivity contribution in [2.75, 3.05) is 23.4 Å². The third-order valence-corrected chi connectivity index (χ3v) is 4.80. The van der Waals surface area contributed by atoms with Crippen molar-refractivity contribution < 1.29 is 0 Å². The maximum absolute atomic E-state index is 9.27. The number of anilines is 1. The van der Waals surface area contributed by atoms with Crippen LogP contribution in [0.15, 0.2) is 30.3 Å². The van der Waals surface area contributed by atoms with Crippen molar-refractivity contribution in [3.8, 4) is 6.07 Å². The molecule has 1 saturated heterocycles. The number of benzene rings is 1. The molecule has 1 aliphatic rings. The molecule has 0 radical (unpaired) electrons. The summed E-state index contributed by atoms with van der Waals surface area (Å²) in [5, 5.41) is 13.6. The number of hydrogen-bond donors (Lipinski definition) is 1. The number of thioether (sulfide) groups is 1. The van der Waals surface area contributed by atoms with Gasteiger partial charge in [0.25, 0.3) is 0 Å². The summed E-state index contributed by atoms with van der Waals surface area (Å²) in [5.74, 6) is 4.08. The van der Waals surface area contributed by atoms with Gasteiger partial charge in [-0.05, 0) is 42.4 Å². The summed E-state index contributed by atoms with van der Waals surface area (Å²) in [6.07, 6.45) is 2.55. The van der Waals surface area contributed by atoms with Crippen LogP contribution in [0.3, 0.4) is 0 Å². The lowest BCUT2D eigenvalue weighted by molar-refractivity contribution is 0.515. The first-order valence-corrected chi connectivity index (χ1v) is 8.14. The van der Waals surface area contributed by atoms with Crippen LogP contribution in [-0.4, -0.2) is 23.0 Å². The zero-order chi connectivity index (χ0) is 13.8. The summed E-state index contributed by atoms with van der Waals surface area (Å²) in [6, 6.07) is 11.9. The minimum atomic E-state index is 0.692. The van der Waals surface area contributed by atoms with Crippen LogP contribution >= 0.6 is 11.8 Å². The molecule has 3 nitrogen and oxygen atoms in total. The number of hydrogen-bond acceptors (Lipinski definition) is 4. The van der Waals surface area contributed by atoms with Crippen LogP contribution < -0.4 is 5.32 Å². The second-order valence-electron chi connectivity index (χ2n) is 5.12. The first kappa shape index (κ1) is 13.3. The number of nitrogens with zero attached hydrogens (tertiary/aromatic N) is 2. The van der Waals surface area contributed by atoms with E-state index in [4.69, 9.17) is 0 Å². The Morgan fingerprint density at radius 1 is 1.30 bits per heavy atom. The minimum Gasteiger partial charge on any atom is -0.370 e. The van der Waals surface area contributed by atoms with Gasteiger partial charge in [-0.2, -0.15) is 17.0 Å². The number of para-hydroxylation sites is 1. The van der Waals surface area contributed by atoms with Crippen molar-refractivity contribution in [2.24, 2.45) is 5.92 Å². The van der Waals surface area contributed by atoms with Crippen LogP contribution in [0.2, 0.25) is 0 Å². The highest BCUT2D eigenvalue weighted by atomic mass is 32.2. The average Bonchev–Trinajstić information content (AvgIpc) is 2.53. The second-order valence-corrected chi connectivity index (χ2v) is 6.35. The van der Waals surface area contributed by atoms with Crippen molar-refractivity contribution in [1.82, 2.24) is 4.98 Å². The van der Waals surface area contributed by atoms with Crippen LogP contribution in [0.5, 0.6) is 0 Å². The van der Waals surface area contributed by atoms with Gasteiger partial charge in [-0.25, -0.2) is 4.98 Å². The van der Waals surface area contributed by atoms with Gasteiger partial charge >= 0.3 is 0 Å². The smallest absolute Gasteiger partial charge is 0.127 e.